The van der Waals surface area contributed by atoms with Crippen LogP contribution < -0.4 is 0 Å². The molecule has 5 nitrogen and oxygen atoms in total. The summed E-state index contributed by atoms with van der Waals surface area (Å²) in [6.07, 6.45) is 16.9. The van der Waals surface area contributed by atoms with Crippen molar-refractivity contribution < 1.29 is 20.4 Å². The molecule has 0 saturated heterocycles. The normalized spacial score (nSPS) is 14.0. The summed E-state index contributed by atoms with van der Waals surface area (Å²) >= 11 is 0. The van der Waals surface area contributed by atoms with Crippen molar-refractivity contribution in [1.82, 2.24) is 4.90 Å². The smallest absolute Gasteiger partial charge is 0.0897 e. The van der Waals surface area contributed by atoms with E-state index in [0.717, 1.165) is 19.4 Å². The van der Waals surface area contributed by atoms with Gasteiger partial charge >= 0.3 is 0 Å². The lowest BCUT2D eigenvalue weighted by Crippen LogP contribution is -2.40. The number of rotatable bonds is 21. The van der Waals surface area contributed by atoms with Gasteiger partial charge in [-0.05, 0) is 13.0 Å². The van der Waals surface area contributed by atoms with Crippen LogP contribution >= 0.6 is 0 Å². The molecule has 0 spiro atoms. The van der Waals surface area contributed by atoms with E-state index in [1.165, 1.54) is 77.0 Å². The van der Waals surface area contributed by atoms with Crippen molar-refractivity contribution in [2.75, 3.05) is 32.8 Å². The van der Waals surface area contributed by atoms with E-state index in [2.05, 4.69) is 6.92 Å². The highest BCUT2D eigenvalue weighted by Crippen LogP contribution is 2.13. The maximum Gasteiger partial charge on any atom is 0.0897 e. The van der Waals surface area contributed by atoms with E-state index >= 15 is 0 Å². The molecule has 27 heavy (non-hydrogen) atoms. The first-order valence-corrected chi connectivity index (χ1v) is 11.4. The monoisotopic (exact) mass is 389 g/mol. The SMILES string of the molecule is CCCCCCCCCCCCCCCCN(CC(O)CO)CC(O)CO. The molecule has 0 aromatic heterocycles. The summed E-state index contributed by atoms with van der Waals surface area (Å²) in [6.45, 7) is 3.18. The molecule has 0 aromatic carbocycles. The number of nitrogens with zero attached hydrogens (tertiary/aromatic N) is 1. The molecule has 0 radical (unpaired) electrons. The number of unbranched alkanes of at least 4 members (excludes halogenated alkanes) is 13. The molecule has 4 N–H and O–H groups in total. The molecule has 0 rings (SSSR count). The maximum absolute atomic E-state index is 9.59. The van der Waals surface area contributed by atoms with E-state index in [0.29, 0.717) is 13.1 Å². The van der Waals surface area contributed by atoms with Gasteiger partial charge in [-0.2, -0.15) is 0 Å². The molecule has 2 atom stereocenters. The summed E-state index contributed by atoms with van der Waals surface area (Å²) < 4.78 is 0. The zero-order valence-corrected chi connectivity index (χ0v) is 17.8. The molecule has 0 aliphatic heterocycles. The van der Waals surface area contributed by atoms with Crippen LogP contribution in [0.4, 0.5) is 0 Å². The summed E-state index contributed by atoms with van der Waals surface area (Å²) in [5.41, 5.74) is 0. The Morgan fingerprint density at radius 1 is 0.556 bits per heavy atom. The van der Waals surface area contributed by atoms with Crippen molar-refractivity contribution in [3.05, 3.63) is 0 Å². The van der Waals surface area contributed by atoms with Gasteiger partial charge in [0.2, 0.25) is 0 Å². The minimum Gasteiger partial charge on any atom is -0.394 e. The predicted molar refractivity (Wildman–Crippen MR) is 113 cm³/mol. The van der Waals surface area contributed by atoms with Gasteiger partial charge in [0.05, 0.1) is 25.4 Å². The third-order valence-electron chi connectivity index (χ3n) is 5.19. The largest absolute Gasteiger partial charge is 0.394 e. The van der Waals surface area contributed by atoms with E-state index < -0.39 is 12.2 Å². The van der Waals surface area contributed by atoms with Gasteiger partial charge in [0, 0.05) is 13.1 Å². The Balaban J connectivity index is 3.50. The second kappa shape index (κ2) is 20.5. The highest BCUT2D eigenvalue weighted by Gasteiger charge is 2.14. The van der Waals surface area contributed by atoms with Gasteiger partial charge in [-0.3, -0.25) is 4.90 Å². The molecule has 2 unspecified atom stereocenters. The van der Waals surface area contributed by atoms with Crippen molar-refractivity contribution >= 4 is 0 Å². The molecule has 0 aliphatic carbocycles. The van der Waals surface area contributed by atoms with Crippen LogP contribution in [0.1, 0.15) is 96.8 Å². The van der Waals surface area contributed by atoms with Crippen LogP contribution in [0.5, 0.6) is 0 Å². The topological polar surface area (TPSA) is 84.2 Å². The van der Waals surface area contributed by atoms with E-state index in [1.807, 2.05) is 4.90 Å². The molecule has 164 valence electrons. The maximum atomic E-state index is 9.59. The van der Waals surface area contributed by atoms with Crippen LogP contribution in [0.15, 0.2) is 0 Å². The van der Waals surface area contributed by atoms with Gasteiger partial charge in [-0.15, -0.1) is 0 Å². The zero-order valence-electron chi connectivity index (χ0n) is 17.8. The minimum absolute atomic E-state index is 0.273. The third-order valence-corrected chi connectivity index (χ3v) is 5.19. The first kappa shape index (κ1) is 26.8. The van der Waals surface area contributed by atoms with Gasteiger partial charge in [0.25, 0.3) is 0 Å². The molecule has 0 amide bonds. The lowest BCUT2D eigenvalue weighted by molar-refractivity contribution is 0.0228. The summed E-state index contributed by atoms with van der Waals surface area (Å²) in [5, 5.41) is 37.1. The first-order chi connectivity index (χ1) is 13.1. The summed E-state index contributed by atoms with van der Waals surface area (Å²) in [7, 11) is 0. The second-order valence-electron chi connectivity index (χ2n) is 8.03. The van der Waals surface area contributed by atoms with Gasteiger partial charge in [-0.1, -0.05) is 90.4 Å². The Kier molecular flexibility index (Phi) is 20.4. The molecule has 0 aromatic rings. The fourth-order valence-corrected chi connectivity index (χ4v) is 3.50. The van der Waals surface area contributed by atoms with Crippen molar-refractivity contribution in [1.29, 1.82) is 0 Å². The number of hydrogen-bond acceptors (Lipinski definition) is 5. The lowest BCUT2D eigenvalue weighted by atomic mass is 10.0. The van der Waals surface area contributed by atoms with Crippen LogP contribution in [0.25, 0.3) is 0 Å². The fraction of sp³-hybridized carbons (Fsp3) is 1.00. The number of aliphatic hydroxyl groups excluding tert-OH is 4. The predicted octanol–water partition coefficient (Wildman–Crippen LogP) is 3.48. The van der Waals surface area contributed by atoms with Gasteiger partial charge in [0.1, 0.15) is 0 Å². The summed E-state index contributed by atoms with van der Waals surface area (Å²) in [5.74, 6) is 0. The van der Waals surface area contributed by atoms with Crippen LogP contribution in [0, 0.1) is 0 Å². The molecular formula is C22H47NO4. The Hall–Kier alpha value is -0.200. The average molecular weight is 390 g/mol. The minimum atomic E-state index is -0.789. The molecule has 0 aliphatic rings. The van der Waals surface area contributed by atoms with E-state index in [4.69, 9.17) is 10.2 Å². The summed E-state index contributed by atoms with van der Waals surface area (Å²) in [6, 6.07) is 0. The Bertz CT molecular complexity index is 279. The van der Waals surface area contributed by atoms with E-state index in [1.54, 1.807) is 0 Å². The average Bonchev–Trinajstić information content (AvgIpc) is 2.67. The quantitative estimate of drug-likeness (QED) is 0.226. The van der Waals surface area contributed by atoms with Crippen LogP contribution in [0.3, 0.4) is 0 Å². The van der Waals surface area contributed by atoms with Gasteiger partial charge < -0.3 is 20.4 Å². The molecular weight excluding hydrogens is 342 g/mol. The Morgan fingerprint density at radius 3 is 1.22 bits per heavy atom. The van der Waals surface area contributed by atoms with Crippen molar-refractivity contribution in [3.63, 3.8) is 0 Å². The van der Waals surface area contributed by atoms with Crippen LogP contribution in [-0.4, -0.2) is 70.4 Å². The third kappa shape index (κ3) is 18.9. The highest BCUT2D eigenvalue weighted by molar-refractivity contribution is 4.68. The molecule has 0 heterocycles. The highest BCUT2D eigenvalue weighted by atomic mass is 16.3. The number of hydrogen-bond donors (Lipinski definition) is 4. The van der Waals surface area contributed by atoms with Gasteiger partial charge in [0.15, 0.2) is 0 Å². The van der Waals surface area contributed by atoms with Gasteiger partial charge in [-0.25, -0.2) is 0 Å². The van der Waals surface area contributed by atoms with Crippen molar-refractivity contribution in [2.45, 2.75) is 109 Å². The van der Waals surface area contributed by atoms with E-state index in [9.17, 15) is 10.2 Å². The van der Waals surface area contributed by atoms with Crippen LogP contribution in [0.2, 0.25) is 0 Å². The van der Waals surface area contributed by atoms with E-state index in [-0.39, 0.29) is 13.2 Å². The fourth-order valence-electron chi connectivity index (χ4n) is 3.50. The molecule has 0 saturated carbocycles. The molecule has 0 fully saturated rings. The van der Waals surface area contributed by atoms with Crippen molar-refractivity contribution in [2.24, 2.45) is 0 Å². The first-order valence-electron chi connectivity index (χ1n) is 11.4. The standard InChI is InChI=1S/C22H47NO4/c1-2-3-4-5-6-7-8-9-10-11-12-13-14-15-16-23(17-21(26)19-24)18-22(27)20-25/h21-22,24-27H,2-20H2,1H3. The Morgan fingerprint density at radius 2 is 0.889 bits per heavy atom. The van der Waals surface area contributed by atoms with Crippen LogP contribution in [-0.2, 0) is 0 Å². The number of aliphatic hydroxyl groups is 4. The zero-order chi connectivity index (χ0) is 20.2. The second-order valence-corrected chi connectivity index (χ2v) is 8.03. The summed E-state index contributed by atoms with van der Waals surface area (Å²) in [4.78, 5) is 1.93. The molecule has 5 heteroatoms. The Labute approximate surface area is 167 Å². The van der Waals surface area contributed by atoms with Crippen molar-refractivity contribution in [3.8, 4) is 0 Å². The molecule has 0 bridgehead atoms. The lowest BCUT2D eigenvalue weighted by Gasteiger charge is -2.26.